The number of piperidine rings is 1. The van der Waals surface area contributed by atoms with Crippen LogP contribution in [0, 0.1) is 19.8 Å². The smallest absolute Gasteiger partial charge is 0.303 e. The monoisotopic (exact) mass is 318 g/mol. The molecule has 2 N–H and O–H groups in total. The van der Waals surface area contributed by atoms with Crippen LogP contribution in [0.4, 0.5) is 5.69 Å². The number of rotatable bonds is 6. The fourth-order valence-corrected chi connectivity index (χ4v) is 3.31. The van der Waals surface area contributed by atoms with Gasteiger partial charge in [0.25, 0.3) is 0 Å². The molecule has 2 rings (SSSR count). The van der Waals surface area contributed by atoms with Gasteiger partial charge in [0.2, 0.25) is 5.91 Å². The van der Waals surface area contributed by atoms with Crippen molar-refractivity contribution in [1.29, 1.82) is 0 Å². The van der Waals surface area contributed by atoms with Crippen LogP contribution in [-0.4, -0.2) is 41.5 Å². The minimum absolute atomic E-state index is 0.00566. The Bertz CT molecular complexity index is 551. The Morgan fingerprint density at radius 3 is 2.61 bits per heavy atom. The Labute approximate surface area is 137 Å². The molecule has 1 fully saturated rings. The average molecular weight is 318 g/mol. The van der Waals surface area contributed by atoms with E-state index in [1.807, 2.05) is 26.0 Å². The topological polar surface area (TPSA) is 69.6 Å². The van der Waals surface area contributed by atoms with Crippen molar-refractivity contribution in [2.75, 3.05) is 25.0 Å². The van der Waals surface area contributed by atoms with Crippen LogP contribution in [0.15, 0.2) is 18.2 Å². The molecule has 0 aromatic heterocycles. The number of amides is 1. The number of carbonyl (C=O) groups excluding carboxylic acids is 1. The van der Waals surface area contributed by atoms with E-state index in [9.17, 15) is 9.59 Å². The fourth-order valence-electron chi connectivity index (χ4n) is 3.31. The second kappa shape index (κ2) is 8.11. The van der Waals surface area contributed by atoms with Gasteiger partial charge in [-0.3, -0.25) is 14.5 Å². The summed E-state index contributed by atoms with van der Waals surface area (Å²) in [6, 6.07) is 6.01. The maximum absolute atomic E-state index is 12.2. The number of nitrogens with zero attached hydrogens (tertiary/aromatic N) is 1. The summed E-state index contributed by atoms with van der Waals surface area (Å²) in [4.78, 5) is 25.0. The number of likely N-dealkylation sites (tertiary alicyclic amines) is 1. The third-order valence-electron chi connectivity index (χ3n) is 4.24. The third-order valence-corrected chi connectivity index (χ3v) is 4.24. The van der Waals surface area contributed by atoms with Crippen LogP contribution >= 0.6 is 0 Å². The van der Waals surface area contributed by atoms with Crippen LogP contribution in [0.3, 0.4) is 0 Å². The zero-order chi connectivity index (χ0) is 16.8. The summed E-state index contributed by atoms with van der Waals surface area (Å²) in [5, 5.41) is 11.7. The van der Waals surface area contributed by atoms with Crippen LogP contribution in [0.1, 0.15) is 36.8 Å². The van der Waals surface area contributed by atoms with Gasteiger partial charge in [0.1, 0.15) is 0 Å². The maximum atomic E-state index is 12.2. The molecule has 5 heteroatoms. The quantitative estimate of drug-likeness (QED) is 0.846. The van der Waals surface area contributed by atoms with Crippen LogP contribution in [0.2, 0.25) is 0 Å². The van der Waals surface area contributed by atoms with Gasteiger partial charge in [-0.15, -0.1) is 0 Å². The number of carbonyl (C=O) groups is 2. The van der Waals surface area contributed by atoms with Crippen molar-refractivity contribution in [2.24, 2.45) is 5.92 Å². The van der Waals surface area contributed by atoms with Gasteiger partial charge >= 0.3 is 5.97 Å². The molecule has 0 radical (unpaired) electrons. The molecule has 1 amide bonds. The molecule has 1 unspecified atom stereocenters. The van der Waals surface area contributed by atoms with E-state index in [1.165, 1.54) is 0 Å². The minimum Gasteiger partial charge on any atom is -0.481 e. The van der Waals surface area contributed by atoms with Crippen molar-refractivity contribution in [2.45, 2.75) is 39.5 Å². The molecule has 1 aliphatic rings. The van der Waals surface area contributed by atoms with Crippen molar-refractivity contribution < 1.29 is 14.7 Å². The number of hydrogen-bond donors (Lipinski definition) is 2. The zero-order valence-corrected chi connectivity index (χ0v) is 14.0. The lowest BCUT2D eigenvalue weighted by atomic mass is 9.93. The van der Waals surface area contributed by atoms with Gasteiger partial charge in [-0.25, -0.2) is 0 Å². The van der Waals surface area contributed by atoms with Gasteiger partial charge in [-0.05, 0) is 68.8 Å². The highest BCUT2D eigenvalue weighted by Gasteiger charge is 2.22. The van der Waals surface area contributed by atoms with Crippen molar-refractivity contribution in [3.8, 4) is 0 Å². The zero-order valence-electron chi connectivity index (χ0n) is 14.0. The molecule has 23 heavy (non-hydrogen) atoms. The molecule has 5 nitrogen and oxygen atoms in total. The molecule has 0 spiro atoms. The summed E-state index contributed by atoms with van der Waals surface area (Å²) in [5.74, 6) is -0.363. The summed E-state index contributed by atoms with van der Waals surface area (Å²) in [6.07, 6.45) is 3.00. The summed E-state index contributed by atoms with van der Waals surface area (Å²) in [7, 11) is 0. The molecule has 1 aromatic carbocycles. The van der Waals surface area contributed by atoms with Crippen molar-refractivity contribution in [3.63, 3.8) is 0 Å². The van der Waals surface area contributed by atoms with E-state index in [0.717, 1.165) is 42.7 Å². The largest absolute Gasteiger partial charge is 0.481 e. The van der Waals surface area contributed by atoms with E-state index in [0.29, 0.717) is 18.9 Å². The Kier molecular flexibility index (Phi) is 6.16. The maximum Gasteiger partial charge on any atom is 0.303 e. The second-order valence-electron chi connectivity index (χ2n) is 6.60. The molecule has 1 saturated heterocycles. The molecular weight excluding hydrogens is 292 g/mol. The number of carboxylic acid groups (broad SMARTS) is 1. The summed E-state index contributed by atoms with van der Waals surface area (Å²) in [6.45, 7) is 6.12. The molecule has 1 atom stereocenters. The third kappa shape index (κ3) is 6.02. The van der Waals surface area contributed by atoms with Gasteiger partial charge in [0, 0.05) is 18.7 Å². The fraction of sp³-hybridized carbons (Fsp3) is 0.556. The highest BCUT2D eigenvalue weighted by Crippen LogP contribution is 2.21. The van der Waals surface area contributed by atoms with Gasteiger partial charge < -0.3 is 10.4 Å². The van der Waals surface area contributed by atoms with Crippen LogP contribution in [0.5, 0.6) is 0 Å². The molecule has 1 aliphatic heterocycles. The van der Waals surface area contributed by atoms with E-state index in [2.05, 4.69) is 16.3 Å². The average Bonchev–Trinajstić information content (AvgIpc) is 2.44. The number of anilines is 1. The van der Waals surface area contributed by atoms with E-state index in [1.54, 1.807) is 0 Å². The molecular formula is C18H26N2O3. The van der Waals surface area contributed by atoms with Gasteiger partial charge in [-0.1, -0.05) is 6.07 Å². The normalized spacial score (nSPS) is 18.6. The lowest BCUT2D eigenvalue weighted by molar-refractivity contribution is -0.137. The Morgan fingerprint density at radius 1 is 1.26 bits per heavy atom. The molecule has 126 valence electrons. The highest BCUT2D eigenvalue weighted by atomic mass is 16.4. The Hall–Kier alpha value is -1.88. The Morgan fingerprint density at radius 2 is 1.96 bits per heavy atom. The molecule has 0 bridgehead atoms. The highest BCUT2D eigenvalue weighted by molar-refractivity contribution is 5.92. The predicted molar refractivity (Wildman–Crippen MR) is 90.6 cm³/mol. The molecule has 1 heterocycles. The summed E-state index contributed by atoms with van der Waals surface area (Å²) >= 11 is 0. The van der Waals surface area contributed by atoms with Crippen LogP contribution in [-0.2, 0) is 9.59 Å². The Balaban J connectivity index is 1.83. The molecule has 1 aromatic rings. The van der Waals surface area contributed by atoms with Gasteiger partial charge in [0.05, 0.1) is 6.54 Å². The van der Waals surface area contributed by atoms with Crippen molar-refractivity contribution in [3.05, 3.63) is 29.3 Å². The number of carboxylic acids is 1. The van der Waals surface area contributed by atoms with Crippen molar-refractivity contribution >= 4 is 17.6 Å². The van der Waals surface area contributed by atoms with Gasteiger partial charge in [-0.2, -0.15) is 0 Å². The summed E-state index contributed by atoms with van der Waals surface area (Å²) in [5.41, 5.74) is 3.10. The second-order valence-corrected chi connectivity index (χ2v) is 6.60. The summed E-state index contributed by atoms with van der Waals surface area (Å²) < 4.78 is 0. The SMILES string of the molecule is Cc1cc(C)cc(NC(=O)CN2CCCC(CCC(=O)O)C2)c1. The number of aryl methyl sites for hydroxylation is 2. The first kappa shape index (κ1) is 17.5. The minimum atomic E-state index is -0.741. The first-order valence-electron chi connectivity index (χ1n) is 8.24. The number of aliphatic carboxylic acids is 1. The number of benzene rings is 1. The standard InChI is InChI=1S/C18H26N2O3/c1-13-8-14(2)10-16(9-13)19-17(21)12-20-7-3-4-15(11-20)5-6-18(22)23/h8-10,15H,3-7,11-12H2,1-2H3,(H,19,21)(H,22,23). The van der Waals surface area contributed by atoms with Crippen LogP contribution < -0.4 is 5.32 Å². The van der Waals surface area contributed by atoms with E-state index >= 15 is 0 Å². The number of hydrogen-bond acceptors (Lipinski definition) is 3. The van der Waals surface area contributed by atoms with Gasteiger partial charge in [0.15, 0.2) is 0 Å². The first-order valence-corrected chi connectivity index (χ1v) is 8.24. The van der Waals surface area contributed by atoms with E-state index in [-0.39, 0.29) is 12.3 Å². The van der Waals surface area contributed by atoms with Crippen molar-refractivity contribution in [1.82, 2.24) is 4.90 Å². The number of nitrogens with one attached hydrogen (secondary N) is 1. The first-order chi connectivity index (χ1) is 10.9. The molecule has 0 saturated carbocycles. The predicted octanol–water partition coefficient (Wildman–Crippen LogP) is 2.82. The lowest BCUT2D eigenvalue weighted by Gasteiger charge is -2.32. The lowest BCUT2D eigenvalue weighted by Crippen LogP contribution is -2.40. The van der Waals surface area contributed by atoms with Crippen LogP contribution in [0.25, 0.3) is 0 Å². The van der Waals surface area contributed by atoms with E-state index < -0.39 is 5.97 Å². The van der Waals surface area contributed by atoms with E-state index in [4.69, 9.17) is 5.11 Å². The molecule has 0 aliphatic carbocycles.